The van der Waals surface area contributed by atoms with E-state index in [1.54, 1.807) is 0 Å². The Morgan fingerprint density at radius 3 is 1.65 bits per heavy atom. The van der Waals surface area contributed by atoms with Crippen LogP contribution in [0.4, 0.5) is 11.4 Å². The third kappa shape index (κ3) is 17.5. The third-order valence-electron chi connectivity index (χ3n) is 26.9. The van der Waals surface area contributed by atoms with Crippen LogP contribution >= 0.6 is 0 Å². The second-order valence-corrected chi connectivity index (χ2v) is 34.5. The molecule has 646 valence electrons. The number of nitrogens with one attached hydrogen (secondary N) is 5. The first-order valence-corrected chi connectivity index (χ1v) is 45.0. The predicted molar refractivity (Wildman–Crippen MR) is 518 cm³/mol. The summed E-state index contributed by atoms with van der Waals surface area (Å²) >= 11 is 0. The molecule has 127 heavy (non-hydrogen) atoms. The quantitative estimate of drug-likeness (QED) is 0.0484. The number of piperazine rings is 1. The van der Waals surface area contributed by atoms with E-state index in [0.29, 0.717) is 17.2 Å². The first-order chi connectivity index (χ1) is 61.7. The number of aromatic amines is 1. The van der Waals surface area contributed by atoms with Gasteiger partial charge in [-0.05, 0) is 132 Å². The fourth-order valence-electron chi connectivity index (χ4n) is 20.4. The number of H-pyrrole nitrogens is 1. The van der Waals surface area contributed by atoms with Crippen molar-refractivity contribution in [2.24, 2.45) is 22.2 Å². The largest absolute Gasteiger partial charge is 0.377 e. The number of hydrogen-bond donors (Lipinski definition) is 5. The molecular weight excluding hydrogens is 1570 g/mol. The van der Waals surface area contributed by atoms with E-state index in [0.717, 1.165) is 171 Å². The smallest absolute Gasteiger partial charge is 0.272 e. The van der Waals surface area contributed by atoms with Crippen LogP contribution in [0.5, 0.6) is 0 Å². The van der Waals surface area contributed by atoms with Gasteiger partial charge in [-0.1, -0.05) is 274 Å². The Kier molecular flexibility index (Phi) is 26.0. The molecule has 1 saturated heterocycles. The number of imidazole rings is 2. The highest BCUT2D eigenvalue weighted by Gasteiger charge is 2.45. The SMILES string of the molecule is C.C=C1NN=C2c3c(cccc31)CC(c1ccc(CN(CC)CC)cc1)C2c1cccc(CN(CC)CC)c1.C=C1NN=C2c3c(cccc31)CC(c1ccccc1)C2c1cncn1C.CCCn1ccnc1C1C2=NCC(=O)c3cccc(c32)NC1c1ccccc1.CN1CCN(Cc2cccc(C3c4n[nH]c(=O)c5cccc(c45)NC3c3ccccc3)c2)CC1. The van der Waals surface area contributed by atoms with Crippen molar-refractivity contribution in [2.45, 2.75) is 135 Å². The number of aliphatic imine (C=N–C) groups is 1. The average Bonchev–Trinajstić information content (AvgIpc) is 1.72. The van der Waals surface area contributed by atoms with Crippen LogP contribution in [-0.4, -0.2) is 138 Å². The maximum atomic E-state index is 12.6. The number of likely N-dealkylation sites (N-methyl/N-ethyl adjacent to an activating group) is 1. The second kappa shape index (κ2) is 38.4. The number of ketones is 1. The molecule has 0 saturated carbocycles. The van der Waals surface area contributed by atoms with Crippen LogP contribution in [0.15, 0.2) is 295 Å². The van der Waals surface area contributed by atoms with Crippen molar-refractivity contribution in [2.75, 3.05) is 76.6 Å². The lowest BCUT2D eigenvalue weighted by Gasteiger charge is -2.38. The number of hydrogen-bond acceptors (Lipinski definition) is 16. The van der Waals surface area contributed by atoms with Crippen LogP contribution in [0, 0.1) is 0 Å². The van der Waals surface area contributed by atoms with E-state index in [9.17, 15) is 9.59 Å². The minimum Gasteiger partial charge on any atom is -0.377 e. The molecule has 0 bridgehead atoms. The van der Waals surface area contributed by atoms with Crippen LogP contribution in [0.2, 0.25) is 0 Å². The molecule has 5 N–H and O–H groups in total. The Labute approximate surface area is 747 Å². The summed E-state index contributed by atoms with van der Waals surface area (Å²) in [6.45, 7) is 32.2. The summed E-state index contributed by atoms with van der Waals surface area (Å²) in [7, 11) is 4.25. The van der Waals surface area contributed by atoms with E-state index >= 15 is 0 Å². The third-order valence-corrected chi connectivity index (χ3v) is 26.9. The minimum absolute atomic E-state index is 0. The molecule has 8 aliphatic rings. The highest BCUT2D eigenvalue weighted by atomic mass is 16.1. The first kappa shape index (κ1) is 86.1. The molecule has 19 heteroatoms. The van der Waals surface area contributed by atoms with E-state index in [4.69, 9.17) is 20.2 Å². The molecule has 8 atom stereocenters. The number of Topliss-reactive ketones (excluding diaryl/α,β-unsaturated/α-hetero) is 1. The van der Waals surface area contributed by atoms with E-state index < -0.39 is 0 Å². The van der Waals surface area contributed by atoms with E-state index in [-0.39, 0.29) is 61.1 Å². The van der Waals surface area contributed by atoms with Gasteiger partial charge >= 0.3 is 0 Å². The van der Waals surface area contributed by atoms with Gasteiger partial charge < -0.3 is 24.7 Å². The lowest BCUT2D eigenvalue weighted by molar-refractivity contribution is 0.0999. The van der Waals surface area contributed by atoms with Crippen LogP contribution in [0.25, 0.3) is 22.2 Å². The number of benzene rings is 10. The summed E-state index contributed by atoms with van der Waals surface area (Å²) in [5.74, 6) is 1.97. The monoisotopic (exact) mass is 1680 g/mol. The summed E-state index contributed by atoms with van der Waals surface area (Å²) < 4.78 is 4.33. The molecule has 19 nitrogen and oxygen atoms in total. The van der Waals surface area contributed by atoms with Crippen LogP contribution in [-0.2, 0) is 46.1 Å². The van der Waals surface area contributed by atoms with Crippen molar-refractivity contribution >= 4 is 56.5 Å². The minimum atomic E-state index is -0.150. The normalized spacial score (nSPS) is 19.9. The topological polar surface area (TPSA) is 197 Å². The molecule has 0 spiro atoms. The van der Waals surface area contributed by atoms with Crippen molar-refractivity contribution < 1.29 is 4.79 Å². The number of anilines is 2. The lowest BCUT2D eigenvalue weighted by atomic mass is 9.67. The zero-order valence-corrected chi connectivity index (χ0v) is 73.4. The van der Waals surface area contributed by atoms with Crippen molar-refractivity contribution in [3.8, 4) is 0 Å². The molecule has 3 aromatic heterocycles. The summed E-state index contributed by atoms with van der Waals surface area (Å²) in [6.07, 6.45) is 10.8. The van der Waals surface area contributed by atoms with Crippen LogP contribution in [0.3, 0.4) is 0 Å². The Balaban J connectivity index is 0.000000120. The van der Waals surface area contributed by atoms with E-state index in [2.05, 4.69) is 315 Å². The summed E-state index contributed by atoms with van der Waals surface area (Å²) in [5, 5.41) is 26.2. The zero-order chi connectivity index (χ0) is 86.5. The fourth-order valence-corrected chi connectivity index (χ4v) is 20.4. The van der Waals surface area contributed by atoms with Crippen molar-refractivity contribution in [3.05, 3.63) is 397 Å². The zero-order valence-electron chi connectivity index (χ0n) is 73.4. The summed E-state index contributed by atoms with van der Waals surface area (Å²) in [4.78, 5) is 48.8. The van der Waals surface area contributed by atoms with Gasteiger partial charge in [0.25, 0.3) is 5.56 Å². The highest BCUT2D eigenvalue weighted by molar-refractivity contribution is 6.21. The molecule has 0 amide bonds. The van der Waals surface area contributed by atoms with Gasteiger partial charge in [-0.25, -0.2) is 15.1 Å². The van der Waals surface area contributed by atoms with Gasteiger partial charge in [0.1, 0.15) is 12.4 Å². The molecule has 0 radical (unpaired) electrons. The van der Waals surface area contributed by atoms with E-state index in [1.807, 2.05) is 73.4 Å². The standard InChI is InChI=1S/C34H42N4.C28H29N5O.C23H22N4O.C22H20N4.CH4/c1-6-37(7-2)22-25-16-18-27(19-17-25)31-21-29-14-11-15-30-24(5)35-36-34(32(29)30)33(31)28-13-10-12-26(20-28)23-38(8-3)9-4;1-32-13-15-33(16-14-32)18-19-7-5-10-21(17-19)24-26(20-8-3-2-4-9-20)29-23-12-6-11-22-25(23)27(24)30-31-28(22)34;1-2-12-27-13-11-24-23(27)20-21(15-7-4-3-5-8-15)26-17-10-6-9-16-18(28)14-25-22(20)19(16)17;1-14-17-10-6-9-16-11-18(15-7-4-3-5-8-15)21(19-12-23-13-26(19)2)22(20(16)17)25-24-14;/h10-20,31,33,35H,5-9,21-23H2,1-4H3;2-12,17,24,26,29H,13-16,18H2,1H3,(H,31,34);3-11,13,20-21,26H,2,12,14H2,1H3;3-10,12-13,18,21,24H,1,11H2,2H3;1H4. The average molecular weight is 1690 g/mol. The molecule has 2 aliphatic carbocycles. The van der Waals surface area contributed by atoms with Gasteiger partial charge in [0, 0.05) is 152 Å². The van der Waals surface area contributed by atoms with E-state index in [1.165, 1.54) is 83.6 Å². The molecule has 9 heterocycles. The van der Waals surface area contributed by atoms with Gasteiger partial charge in [0.05, 0.1) is 75.8 Å². The molecule has 10 aromatic carbocycles. The van der Waals surface area contributed by atoms with Crippen LogP contribution in [0.1, 0.15) is 213 Å². The first-order valence-electron chi connectivity index (χ1n) is 45.0. The Bertz CT molecular complexity index is 6290. The van der Waals surface area contributed by atoms with Crippen molar-refractivity contribution in [1.29, 1.82) is 0 Å². The van der Waals surface area contributed by atoms with Gasteiger partial charge in [-0.3, -0.25) is 40.1 Å². The predicted octanol–water partition coefficient (Wildman–Crippen LogP) is 19.4. The molecule has 8 unspecified atom stereocenters. The van der Waals surface area contributed by atoms with Gasteiger partial charge in [0.15, 0.2) is 5.78 Å². The van der Waals surface area contributed by atoms with Crippen molar-refractivity contribution in [3.63, 3.8) is 0 Å². The number of carbonyl (C=O) groups excluding carboxylic acids is 1. The molecule has 1 fully saturated rings. The van der Waals surface area contributed by atoms with Crippen molar-refractivity contribution in [1.82, 2.24) is 59.8 Å². The van der Waals surface area contributed by atoms with Gasteiger partial charge in [0.2, 0.25) is 0 Å². The second-order valence-electron chi connectivity index (χ2n) is 34.5. The molecule has 6 aliphatic heterocycles. The summed E-state index contributed by atoms with van der Waals surface area (Å²) in [5.41, 5.74) is 36.3. The Morgan fingerprint density at radius 1 is 0.496 bits per heavy atom. The Morgan fingerprint density at radius 2 is 1.02 bits per heavy atom. The number of nitrogens with zero attached hydrogens (tertiary/aromatic N) is 12. The fraction of sp³-hybridized carbons (Fsp3) is 0.296. The highest BCUT2D eigenvalue weighted by Crippen LogP contribution is 2.51. The summed E-state index contributed by atoms with van der Waals surface area (Å²) in [6, 6.07) is 84.1. The number of hydrazone groups is 2. The van der Waals surface area contributed by atoms with Gasteiger partial charge in [-0.15, -0.1) is 0 Å². The molecule has 21 rings (SSSR count). The lowest BCUT2D eigenvalue weighted by Crippen LogP contribution is -2.43. The maximum Gasteiger partial charge on any atom is 0.272 e. The molecular formula is C108H117N17O2. The number of rotatable bonds is 20. The maximum absolute atomic E-state index is 12.6. The Hall–Kier alpha value is -13.0. The number of carbonyl (C=O) groups is 1. The number of aromatic nitrogens is 6. The van der Waals surface area contributed by atoms with Gasteiger partial charge in [-0.2, -0.15) is 15.3 Å². The molecule has 13 aromatic rings. The number of aryl methyl sites for hydroxylation is 2. The van der Waals surface area contributed by atoms with Crippen LogP contribution < -0.4 is 27.0 Å².